The predicted octanol–water partition coefficient (Wildman–Crippen LogP) is 11.8. The van der Waals surface area contributed by atoms with Crippen molar-refractivity contribution in [1.82, 2.24) is 0 Å². The van der Waals surface area contributed by atoms with Crippen LogP contribution in [0.25, 0.3) is 76.9 Å². The van der Waals surface area contributed by atoms with Crippen molar-refractivity contribution in [1.29, 1.82) is 0 Å². The molecule has 4 heterocycles. The number of allylic oxidation sites excluding steroid dienone is 2. The summed E-state index contributed by atoms with van der Waals surface area (Å²) < 4.78 is 19.1. The Hall–Kier alpha value is -6.00. The molecule has 0 amide bonds. The summed E-state index contributed by atoms with van der Waals surface area (Å²) in [5, 5.41) is 6.53. The van der Waals surface area contributed by atoms with Crippen molar-refractivity contribution in [3.63, 3.8) is 0 Å². The second kappa shape index (κ2) is 8.80. The van der Waals surface area contributed by atoms with Gasteiger partial charge in [0.2, 0.25) is 0 Å². The van der Waals surface area contributed by atoms with Gasteiger partial charge in [-0.2, -0.15) is 0 Å². The number of rotatable bonds is 2. The fourth-order valence-corrected chi connectivity index (χ4v) is 7.88. The fourth-order valence-electron chi connectivity index (χ4n) is 7.88. The summed E-state index contributed by atoms with van der Waals surface area (Å²) in [6, 6.07) is 41.0. The van der Waals surface area contributed by atoms with Gasteiger partial charge in [-0.3, -0.25) is 0 Å². The number of para-hydroxylation sites is 2. The molecule has 2 atom stereocenters. The van der Waals surface area contributed by atoms with E-state index in [0.717, 1.165) is 82.6 Å². The third-order valence-electron chi connectivity index (χ3n) is 10.0. The number of fused-ring (bicyclic) bond motifs is 13. The number of anilines is 2. The van der Waals surface area contributed by atoms with Gasteiger partial charge in [0.05, 0.1) is 6.04 Å². The largest absolute Gasteiger partial charge is 0.456 e. The summed E-state index contributed by atoms with van der Waals surface area (Å²) in [7, 11) is 0. The van der Waals surface area contributed by atoms with Crippen LogP contribution < -0.4 is 4.90 Å². The molecular weight excluding hydrogens is 566 g/mol. The fraction of sp³-hybridized carbons (Fsp3) is 0.0476. The Morgan fingerprint density at radius 2 is 1.07 bits per heavy atom. The maximum atomic E-state index is 6.54. The molecule has 11 rings (SSSR count). The van der Waals surface area contributed by atoms with Crippen LogP contribution in [-0.4, -0.2) is 6.04 Å². The second-order valence-electron chi connectivity index (χ2n) is 12.4. The Morgan fingerprint density at radius 3 is 1.87 bits per heavy atom. The number of hydrogen-bond acceptors (Lipinski definition) is 4. The summed E-state index contributed by atoms with van der Waals surface area (Å²) in [5.74, 6) is 0.346. The minimum atomic E-state index is 0.252. The molecule has 0 N–H and O–H groups in total. The summed E-state index contributed by atoms with van der Waals surface area (Å²) in [6.45, 7) is 0. The lowest BCUT2D eigenvalue weighted by atomic mass is 9.91. The number of benzene rings is 6. The molecule has 1 aliphatic heterocycles. The molecule has 0 saturated heterocycles. The molecule has 2 unspecified atom stereocenters. The van der Waals surface area contributed by atoms with Gasteiger partial charge in [0.1, 0.15) is 22.3 Å². The molecule has 216 valence electrons. The van der Waals surface area contributed by atoms with E-state index in [9.17, 15) is 0 Å². The molecular formula is C42H25NO3. The van der Waals surface area contributed by atoms with Crippen molar-refractivity contribution in [2.24, 2.45) is 0 Å². The van der Waals surface area contributed by atoms with Gasteiger partial charge in [0, 0.05) is 49.6 Å². The van der Waals surface area contributed by atoms with Gasteiger partial charge in [-0.1, -0.05) is 72.8 Å². The van der Waals surface area contributed by atoms with E-state index in [1.165, 1.54) is 11.3 Å². The van der Waals surface area contributed by atoms with E-state index in [1.54, 1.807) is 0 Å². The molecule has 1 aliphatic carbocycles. The zero-order valence-electron chi connectivity index (χ0n) is 24.6. The molecule has 4 heteroatoms. The third-order valence-corrected chi connectivity index (χ3v) is 10.0. The third kappa shape index (κ3) is 3.23. The Labute approximate surface area is 263 Å². The summed E-state index contributed by atoms with van der Waals surface area (Å²) in [4.78, 5) is 2.46. The first-order valence-electron chi connectivity index (χ1n) is 15.7. The van der Waals surface area contributed by atoms with Crippen molar-refractivity contribution in [2.45, 2.75) is 12.0 Å². The first-order chi connectivity index (χ1) is 22.8. The average molecular weight is 592 g/mol. The molecule has 9 aromatic rings. The van der Waals surface area contributed by atoms with Crippen LogP contribution >= 0.6 is 0 Å². The minimum absolute atomic E-state index is 0.252. The van der Waals surface area contributed by atoms with Crippen molar-refractivity contribution in [3.05, 3.63) is 145 Å². The molecule has 0 spiro atoms. The van der Waals surface area contributed by atoms with Crippen LogP contribution in [-0.2, 0) is 0 Å². The SMILES string of the molecule is C1=CC2c3ccccc3N(c3ccc4oc5c(ccc6c7cc(-c8ccc9oc%10ccccc%10c9c8)ccc7oc65)c4c3)C2C=C1. The highest BCUT2D eigenvalue weighted by Gasteiger charge is 2.37. The molecule has 2 aliphatic rings. The lowest BCUT2D eigenvalue weighted by Gasteiger charge is -2.28. The smallest absolute Gasteiger partial charge is 0.178 e. The lowest BCUT2D eigenvalue weighted by Crippen LogP contribution is -2.28. The van der Waals surface area contributed by atoms with Gasteiger partial charge in [-0.05, 0) is 83.4 Å². The van der Waals surface area contributed by atoms with E-state index >= 15 is 0 Å². The van der Waals surface area contributed by atoms with Crippen LogP contribution in [0.5, 0.6) is 0 Å². The van der Waals surface area contributed by atoms with Gasteiger partial charge < -0.3 is 18.2 Å². The second-order valence-corrected chi connectivity index (χ2v) is 12.4. The Morgan fingerprint density at radius 1 is 0.457 bits per heavy atom. The Bertz CT molecular complexity index is 2790. The molecule has 4 nitrogen and oxygen atoms in total. The molecule has 3 aromatic heterocycles. The van der Waals surface area contributed by atoms with E-state index in [1.807, 2.05) is 12.1 Å². The predicted molar refractivity (Wildman–Crippen MR) is 187 cm³/mol. The van der Waals surface area contributed by atoms with E-state index in [0.29, 0.717) is 5.92 Å². The molecule has 0 bridgehead atoms. The number of nitrogens with zero attached hydrogens (tertiary/aromatic N) is 1. The van der Waals surface area contributed by atoms with E-state index in [2.05, 4.69) is 132 Å². The number of furan rings is 3. The topological polar surface area (TPSA) is 42.7 Å². The maximum Gasteiger partial charge on any atom is 0.178 e. The van der Waals surface area contributed by atoms with Crippen molar-refractivity contribution < 1.29 is 13.3 Å². The van der Waals surface area contributed by atoms with Gasteiger partial charge in [0.15, 0.2) is 11.2 Å². The lowest BCUT2D eigenvalue weighted by molar-refractivity contribution is 0.633. The summed E-state index contributed by atoms with van der Waals surface area (Å²) in [6.07, 6.45) is 8.95. The summed E-state index contributed by atoms with van der Waals surface area (Å²) in [5.41, 5.74) is 11.1. The number of hydrogen-bond donors (Lipinski definition) is 0. The van der Waals surface area contributed by atoms with Crippen LogP contribution in [0.3, 0.4) is 0 Å². The Balaban J connectivity index is 1.05. The van der Waals surface area contributed by atoms with Crippen molar-refractivity contribution >= 4 is 77.2 Å². The quantitative estimate of drug-likeness (QED) is 0.201. The normalized spacial score (nSPS) is 17.3. The van der Waals surface area contributed by atoms with Gasteiger partial charge in [-0.15, -0.1) is 0 Å². The molecule has 0 radical (unpaired) electrons. The highest BCUT2D eigenvalue weighted by atomic mass is 16.4. The van der Waals surface area contributed by atoms with Crippen LogP contribution in [0.15, 0.2) is 153 Å². The zero-order valence-corrected chi connectivity index (χ0v) is 24.6. The van der Waals surface area contributed by atoms with Crippen LogP contribution in [0.2, 0.25) is 0 Å². The molecule has 0 fully saturated rings. The van der Waals surface area contributed by atoms with Crippen LogP contribution in [0.4, 0.5) is 11.4 Å². The average Bonchev–Trinajstić information content (AvgIpc) is 3.86. The van der Waals surface area contributed by atoms with Crippen molar-refractivity contribution in [3.8, 4) is 11.1 Å². The Kier molecular flexibility index (Phi) is 4.66. The van der Waals surface area contributed by atoms with E-state index in [4.69, 9.17) is 13.3 Å². The van der Waals surface area contributed by atoms with E-state index in [-0.39, 0.29) is 6.04 Å². The van der Waals surface area contributed by atoms with Crippen LogP contribution in [0, 0.1) is 0 Å². The minimum Gasteiger partial charge on any atom is -0.456 e. The first kappa shape index (κ1) is 24.3. The monoisotopic (exact) mass is 591 g/mol. The van der Waals surface area contributed by atoms with Crippen LogP contribution in [0.1, 0.15) is 11.5 Å². The standard InChI is InChI=1S/C42H25NO3/c1-4-10-35-27(7-1)28-8-2-5-11-36(28)43(35)26-15-20-40-34(23-26)31-17-16-30-33-22-25(14-19-39(33)45-41(30)42(31)46-40)24-13-18-38-32(21-24)29-9-3-6-12-37(29)44-38/h1-23,27,35H. The first-order valence-corrected chi connectivity index (χ1v) is 15.7. The molecule has 0 saturated carbocycles. The zero-order chi connectivity index (χ0) is 29.9. The summed E-state index contributed by atoms with van der Waals surface area (Å²) >= 11 is 0. The highest BCUT2D eigenvalue weighted by molar-refractivity contribution is 6.19. The maximum absolute atomic E-state index is 6.54. The van der Waals surface area contributed by atoms with E-state index < -0.39 is 0 Å². The van der Waals surface area contributed by atoms with Gasteiger partial charge in [-0.25, -0.2) is 0 Å². The van der Waals surface area contributed by atoms with Gasteiger partial charge >= 0.3 is 0 Å². The molecule has 6 aromatic carbocycles. The van der Waals surface area contributed by atoms with Gasteiger partial charge in [0.25, 0.3) is 0 Å². The highest BCUT2D eigenvalue weighted by Crippen LogP contribution is 2.49. The van der Waals surface area contributed by atoms with Crippen molar-refractivity contribution in [2.75, 3.05) is 4.90 Å². The molecule has 46 heavy (non-hydrogen) atoms.